The molecule has 0 bridgehead atoms. The number of anilines is 1. The molecule has 2 fully saturated rings. The molecule has 142 valence electrons. The number of hydrogen-bond donors (Lipinski definition) is 0. The molecule has 2 heterocycles. The van der Waals surface area contributed by atoms with E-state index in [9.17, 15) is 14.0 Å². The van der Waals surface area contributed by atoms with Crippen LogP contribution in [-0.4, -0.2) is 86.4 Å². The first-order valence-corrected chi connectivity index (χ1v) is 9.16. The third kappa shape index (κ3) is 4.33. The molecule has 0 radical (unpaired) electrons. The predicted octanol–water partition coefficient (Wildman–Crippen LogP) is 0.884. The second-order valence-corrected chi connectivity index (χ2v) is 7.33. The first kappa shape index (κ1) is 18.6. The molecule has 2 aliphatic rings. The van der Waals surface area contributed by atoms with Crippen LogP contribution >= 0.6 is 0 Å². The summed E-state index contributed by atoms with van der Waals surface area (Å²) in [5.41, 5.74) is 0.976. The van der Waals surface area contributed by atoms with Crippen LogP contribution in [0, 0.1) is 11.7 Å². The molecule has 26 heavy (non-hydrogen) atoms. The van der Waals surface area contributed by atoms with Gasteiger partial charge in [0, 0.05) is 57.9 Å². The van der Waals surface area contributed by atoms with Crippen LogP contribution in [0.1, 0.15) is 6.42 Å². The number of carbonyl (C=O) groups is 2. The van der Waals surface area contributed by atoms with E-state index < -0.39 is 0 Å². The maximum atomic E-state index is 13.1. The zero-order valence-corrected chi connectivity index (χ0v) is 15.5. The van der Waals surface area contributed by atoms with E-state index in [1.54, 1.807) is 17.0 Å². The molecule has 0 aliphatic carbocycles. The van der Waals surface area contributed by atoms with Gasteiger partial charge in [0.05, 0.1) is 5.92 Å². The fourth-order valence-corrected chi connectivity index (χ4v) is 3.57. The second-order valence-electron chi connectivity index (χ2n) is 7.33. The highest BCUT2D eigenvalue weighted by atomic mass is 19.1. The van der Waals surface area contributed by atoms with Crippen LogP contribution in [0.4, 0.5) is 10.1 Å². The van der Waals surface area contributed by atoms with Crippen molar-refractivity contribution >= 4 is 17.5 Å². The third-order valence-electron chi connectivity index (χ3n) is 5.16. The van der Waals surface area contributed by atoms with Crippen LogP contribution in [0.15, 0.2) is 24.3 Å². The number of rotatable bonds is 5. The minimum absolute atomic E-state index is 0.0788. The first-order valence-electron chi connectivity index (χ1n) is 9.16. The molecule has 3 rings (SSSR count). The number of benzene rings is 1. The molecule has 0 N–H and O–H groups in total. The van der Waals surface area contributed by atoms with Gasteiger partial charge in [-0.25, -0.2) is 4.39 Å². The summed E-state index contributed by atoms with van der Waals surface area (Å²) in [6.45, 7) is 4.74. The van der Waals surface area contributed by atoms with Crippen molar-refractivity contribution in [2.45, 2.75) is 6.42 Å². The van der Waals surface area contributed by atoms with Crippen molar-refractivity contribution in [2.24, 2.45) is 5.92 Å². The van der Waals surface area contributed by atoms with Crippen LogP contribution in [0.25, 0.3) is 0 Å². The van der Waals surface area contributed by atoms with Crippen molar-refractivity contribution in [2.75, 3.05) is 64.8 Å². The van der Waals surface area contributed by atoms with E-state index in [1.165, 1.54) is 12.1 Å². The normalized spacial score (nSPS) is 21.0. The number of carbonyl (C=O) groups excluding carboxylic acids is 2. The van der Waals surface area contributed by atoms with Crippen LogP contribution in [0.3, 0.4) is 0 Å². The summed E-state index contributed by atoms with van der Waals surface area (Å²) in [6, 6.07) is 6.45. The number of halogens is 1. The Bertz CT molecular complexity index is 641. The molecule has 0 aromatic heterocycles. The Balaban J connectivity index is 1.51. The van der Waals surface area contributed by atoms with E-state index in [0.717, 1.165) is 25.3 Å². The molecule has 7 heteroatoms. The Labute approximate surface area is 154 Å². The van der Waals surface area contributed by atoms with Gasteiger partial charge in [0.1, 0.15) is 5.82 Å². The highest BCUT2D eigenvalue weighted by molar-refractivity contribution is 5.89. The average Bonchev–Trinajstić information content (AvgIpc) is 3.01. The Morgan fingerprint density at radius 1 is 1.15 bits per heavy atom. The molecule has 1 aromatic rings. The van der Waals surface area contributed by atoms with Gasteiger partial charge in [0.25, 0.3) is 0 Å². The number of amides is 2. The number of likely N-dealkylation sites (N-methyl/N-ethyl adjacent to an activating group) is 1. The first-order chi connectivity index (χ1) is 12.4. The molecule has 2 saturated heterocycles. The maximum Gasteiger partial charge on any atom is 0.228 e. The quantitative estimate of drug-likeness (QED) is 0.780. The fraction of sp³-hybridized carbons (Fsp3) is 0.579. The van der Waals surface area contributed by atoms with Gasteiger partial charge >= 0.3 is 0 Å². The summed E-state index contributed by atoms with van der Waals surface area (Å²) in [5.74, 6) is -0.297. The summed E-state index contributed by atoms with van der Waals surface area (Å²) >= 11 is 0. The summed E-state index contributed by atoms with van der Waals surface area (Å²) in [4.78, 5) is 32.8. The zero-order valence-electron chi connectivity index (χ0n) is 15.5. The van der Waals surface area contributed by atoms with E-state index in [0.29, 0.717) is 32.6 Å². The number of nitrogens with zero attached hydrogens (tertiary/aromatic N) is 4. The summed E-state index contributed by atoms with van der Waals surface area (Å²) in [5, 5.41) is 0. The SMILES string of the molecule is CN(C)CCN1CC(C(=O)N2CCN(c3ccc(F)cc3)CC2)CC1=O. The molecule has 0 spiro atoms. The van der Waals surface area contributed by atoms with Crippen LogP contribution < -0.4 is 4.90 Å². The van der Waals surface area contributed by atoms with Crippen molar-refractivity contribution in [1.29, 1.82) is 0 Å². The molecule has 1 atom stereocenters. The molecule has 6 nitrogen and oxygen atoms in total. The minimum atomic E-state index is -0.243. The lowest BCUT2D eigenvalue weighted by molar-refractivity contribution is -0.136. The topological polar surface area (TPSA) is 47.1 Å². The molecule has 1 aromatic carbocycles. The predicted molar refractivity (Wildman–Crippen MR) is 98.4 cm³/mol. The van der Waals surface area contributed by atoms with Crippen molar-refractivity contribution in [3.8, 4) is 0 Å². The van der Waals surface area contributed by atoms with Crippen LogP contribution in [0.2, 0.25) is 0 Å². The molecular formula is C19H27FN4O2. The van der Waals surface area contributed by atoms with Gasteiger partial charge in [-0.2, -0.15) is 0 Å². The van der Waals surface area contributed by atoms with E-state index in [2.05, 4.69) is 4.90 Å². The summed E-state index contributed by atoms with van der Waals surface area (Å²) < 4.78 is 13.1. The van der Waals surface area contributed by atoms with E-state index >= 15 is 0 Å². The monoisotopic (exact) mass is 362 g/mol. The van der Waals surface area contributed by atoms with E-state index in [1.807, 2.05) is 23.9 Å². The molecule has 0 saturated carbocycles. The Morgan fingerprint density at radius 2 is 1.81 bits per heavy atom. The lowest BCUT2D eigenvalue weighted by Crippen LogP contribution is -2.50. The zero-order chi connectivity index (χ0) is 18.7. The fourth-order valence-electron chi connectivity index (χ4n) is 3.57. The summed E-state index contributed by atoms with van der Waals surface area (Å²) in [6.07, 6.45) is 0.324. The Kier molecular flexibility index (Phi) is 5.76. The molecule has 2 amide bonds. The molecule has 2 aliphatic heterocycles. The van der Waals surface area contributed by atoms with E-state index in [-0.39, 0.29) is 23.5 Å². The highest BCUT2D eigenvalue weighted by Crippen LogP contribution is 2.22. The van der Waals surface area contributed by atoms with Gasteiger partial charge in [-0.15, -0.1) is 0 Å². The standard InChI is InChI=1S/C19H27FN4O2/c1-21(2)7-8-24-14-15(13-18(24)25)19(26)23-11-9-22(10-12-23)17-5-3-16(20)4-6-17/h3-6,15H,7-14H2,1-2H3. The van der Waals surface area contributed by atoms with Gasteiger partial charge in [-0.05, 0) is 38.4 Å². The smallest absolute Gasteiger partial charge is 0.228 e. The number of piperazine rings is 1. The van der Waals surface area contributed by atoms with E-state index in [4.69, 9.17) is 0 Å². The van der Waals surface area contributed by atoms with Crippen molar-refractivity contribution in [3.05, 3.63) is 30.1 Å². The maximum absolute atomic E-state index is 13.1. The van der Waals surface area contributed by atoms with Crippen molar-refractivity contribution in [1.82, 2.24) is 14.7 Å². The van der Waals surface area contributed by atoms with Gasteiger partial charge in [-0.1, -0.05) is 0 Å². The average molecular weight is 362 g/mol. The summed E-state index contributed by atoms with van der Waals surface area (Å²) in [7, 11) is 3.95. The van der Waals surface area contributed by atoms with Crippen LogP contribution in [-0.2, 0) is 9.59 Å². The second kappa shape index (κ2) is 8.03. The van der Waals surface area contributed by atoms with Crippen LogP contribution in [0.5, 0.6) is 0 Å². The molecule has 1 unspecified atom stereocenters. The lowest BCUT2D eigenvalue weighted by Gasteiger charge is -2.37. The van der Waals surface area contributed by atoms with Gasteiger partial charge in [0.2, 0.25) is 11.8 Å². The highest BCUT2D eigenvalue weighted by Gasteiger charge is 2.37. The molecular weight excluding hydrogens is 335 g/mol. The Morgan fingerprint density at radius 3 is 2.42 bits per heavy atom. The third-order valence-corrected chi connectivity index (χ3v) is 5.16. The number of hydrogen-bond acceptors (Lipinski definition) is 4. The number of likely N-dealkylation sites (tertiary alicyclic amines) is 1. The minimum Gasteiger partial charge on any atom is -0.368 e. The van der Waals surface area contributed by atoms with Crippen molar-refractivity contribution in [3.63, 3.8) is 0 Å². The lowest BCUT2D eigenvalue weighted by atomic mass is 10.1. The van der Waals surface area contributed by atoms with Gasteiger partial charge in [0.15, 0.2) is 0 Å². The van der Waals surface area contributed by atoms with Gasteiger partial charge in [-0.3, -0.25) is 9.59 Å². The largest absolute Gasteiger partial charge is 0.368 e. The van der Waals surface area contributed by atoms with Gasteiger partial charge < -0.3 is 19.6 Å². The van der Waals surface area contributed by atoms with Crippen molar-refractivity contribution < 1.29 is 14.0 Å². The Hall–Kier alpha value is -2.15.